The summed E-state index contributed by atoms with van der Waals surface area (Å²) in [6.07, 6.45) is 3.47. The fourth-order valence-electron chi connectivity index (χ4n) is 2.83. The summed E-state index contributed by atoms with van der Waals surface area (Å²) in [6, 6.07) is 7.23. The summed E-state index contributed by atoms with van der Waals surface area (Å²) in [6.45, 7) is 1.85. The van der Waals surface area contributed by atoms with E-state index in [2.05, 4.69) is 30.9 Å². The fourth-order valence-corrected chi connectivity index (χ4v) is 2.83. The maximum absolute atomic E-state index is 11.6. The minimum atomic E-state index is -0.248. The highest BCUT2D eigenvalue weighted by molar-refractivity contribution is 5.91. The molecule has 0 atom stereocenters. The van der Waals surface area contributed by atoms with Gasteiger partial charge in [0, 0.05) is 43.7 Å². The lowest BCUT2D eigenvalue weighted by atomic mass is 10.2. The van der Waals surface area contributed by atoms with E-state index in [1.165, 1.54) is 0 Å². The highest BCUT2D eigenvalue weighted by Gasteiger charge is 2.20. The molecule has 0 fully saturated rings. The Hall–Kier alpha value is -3.26. The molecular weight excluding hydrogens is 332 g/mol. The fraction of sp³-hybridized carbons (Fsp3) is 0.222. The second-order valence-electron chi connectivity index (χ2n) is 5.86. The molecule has 0 aromatic carbocycles. The van der Waals surface area contributed by atoms with E-state index >= 15 is 0 Å². The number of pyridine rings is 1. The molecule has 0 aliphatic carbocycles. The number of nitrogens with one attached hydrogen (secondary N) is 3. The van der Waals surface area contributed by atoms with Gasteiger partial charge in [0.25, 0.3) is 5.91 Å². The van der Waals surface area contributed by atoms with E-state index in [4.69, 9.17) is 4.42 Å². The Balaban J connectivity index is 1.59. The van der Waals surface area contributed by atoms with Crippen molar-refractivity contribution in [3.8, 4) is 11.4 Å². The number of hydrogen-bond acceptors (Lipinski definition) is 7. The van der Waals surface area contributed by atoms with E-state index in [1.807, 2.05) is 12.1 Å². The van der Waals surface area contributed by atoms with E-state index in [0.717, 1.165) is 22.6 Å². The average Bonchev–Trinajstić information content (AvgIpc) is 3.35. The number of hydrogen-bond donors (Lipinski definition) is 3. The van der Waals surface area contributed by atoms with Gasteiger partial charge in [0.15, 0.2) is 11.6 Å². The van der Waals surface area contributed by atoms with E-state index in [1.54, 1.807) is 31.6 Å². The number of rotatable bonds is 5. The van der Waals surface area contributed by atoms with Crippen molar-refractivity contribution in [1.82, 2.24) is 25.6 Å². The third kappa shape index (κ3) is 3.14. The number of carbonyl (C=O) groups excluding carboxylic acids is 1. The van der Waals surface area contributed by atoms with Crippen LogP contribution in [0.15, 0.2) is 41.1 Å². The third-order valence-corrected chi connectivity index (χ3v) is 4.15. The zero-order valence-electron chi connectivity index (χ0n) is 14.2. The van der Waals surface area contributed by atoms with Gasteiger partial charge in [0.1, 0.15) is 11.6 Å². The second kappa shape index (κ2) is 6.93. The summed E-state index contributed by atoms with van der Waals surface area (Å²) in [7, 11) is 1.57. The number of anilines is 1. The molecule has 3 N–H and O–H groups in total. The molecule has 0 spiro atoms. The van der Waals surface area contributed by atoms with Crippen LogP contribution < -0.4 is 16.0 Å². The molecule has 1 aliphatic rings. The first-order chi connectivity index (χ1) is 12.7. The van der Waals surface area contributed by atoms with E-state index < -0.39 is 0 Å². The van der Waals surface area contributed by atoms with Gasteiger partial charge in [-0.05, 0) is 24.3 Å². The van der Waals surface area contributed by atoms with Crippen LogP contribution in [0.1, 0.15) is 27.6 Å². The molecule has 8 heteroatoms. The molecule has 8 nitrogen and oxygen atoms in total. The third-order valence-electron chi connectivity index (χ3n) is 4.15. The molecule has 4 heterocycles. The maximum Gasteiger partial charge on any atom is 0.286 e. The molecule has 0 radical (unpaired) electrons. The Morgan fingerprint density at radius 2 is 2.19 bits per heavy atom. The Bertz CT molecular complexity index is 938. The summed E-state index contributed by atoms with van der Waals surface area (Å²) < 4.78 is 5.55. The normalized spacial score (nSPS) is 12.7. The predicted molar refractivity (Wildman–Crippen MR) is 95.2 cm³/mol. The molecule has 1 aliphatic heterocycles. The number of aromatic nitrogens is 3. The van der Waals surface area contributed by atoms with Crippen LogP contribution in [0.3, 0.4) is 0 Å². The summed E-state index contributed by atoms with van der Waals surface area (Å²) in [5.41, 5.74) is 2.90. The molecule has 132 valence electrons. The quantitative estimate of drug-likeness (QED) is 0.643. The van der Waals surface area contributed by atoms with Gasteiger partial charge >= 0.3 is 0 Å². The molecule has 0 saturated heterocycles. The molecule has 0 unspecified atom stereocenters. The lowest BCUT2D eigenvalue weighted by Gasteiger charge is -2.11. The predicted octanol–water partition coefficient (Wildman–Crippen LogP) is 1.71. The summed E-state index contributed by atoms with van der Waals surface area (Å²) >= 11 is 0. The highest BCUT2D eigenvalue weighted by Crippen LogP contribution is 2.25. The topological polar surface area (TPSA) is 105 Å². The smallest absolute Gasteiger partial charge is 0.286 e. The first kappa shape index (κ1) is 16.2. The molecule has 3 aromatic heterocycles. The summed E-state index contributed by atoms with van der Waals surface area (Å²) in [5.74, 6) is 2.09. The van der Waals surface area contributed by atoms with Crippen LogP contribution in [0.25, 0.3) is 11.4 Å². The number of carbonyl (C=O) groups is 1. The van der Waals surface area contributed by atoms with Crippen LogP contribution in [0.4, 0.5) is 5.82 Å². The standard InChI is InChI=1S/C18H18N6O2/c1-19-18(25)15-5-4-12(26-15)8-22-17-13-9-21-10-14(13)23-16(24-17)11-3-2-6-20-7-11/h2-7,21H,8-10H2,1H3,(H,19,25)(H,22,23,24). The molecule has 4 rings (SSSR count). The van der Waals surface area contributed by atoms with Crippen LogP contribution in [-0.2, 0) is 19.6 Å². The largest absolute Gasteiger partial charge is 0.454 e. The van der Waals surface area contributed by atoms with E-state index in [0.29, 0.717) is 31.2 Å². The van der Waals surface area contributed by atoms with Crippen LogP contribution in [0.2, 0.25) is 0 Å². The molecule has 3 aromatic rings. The van der Waals surface area contributed by atoms with Crippen molar-refractivity contribution < 1.29 is 9.21 Å². The van der Waals surface area contributed by atoms with Crippen molar-refractivity contribution in [1.29, 1.82) is 0 Å². The first-order valence-corrected chi connectivity index (χ1v) is 8.30. The number of fused-ring (bicyclic) bond motifs is 1. The minimum Gasteiger partial charge on any atom is -0.454 e. The van der Waals surface area contributed by atoms with Gasteiger partial charge in [-0.25, -0.2) is 9.97 Å². The van der Waals surface area contributed by atoms with Gasteiger partial charge in [-0.15, -0.1) is 0 Å². The Kier molecular flexibility index (Phi) is 4.32. The van der Waals surface area contributed by atoms with Crippen LogP contribution >= 0.6 is 0 Å². The SMILES string of the molecule is CNC(=O)c1ccc(CNc2nc(-c3cccnc3)nc3c2CNC3)o1. The van der Waals surface area contributed by atoms with E-state index in [-0.39, 0.29) is 11.7 Å². The van der Waals surface area contributed by atoms with Crippen LogP contribution in [0.5, 0.6) is 0 Å². The number of nitrogens with zero attached hydrogens (tertiary/aromatic N) is 3. The van der Waals surface area contributed by atoms with Crippen molar-refractivity contribution >= 4 is 11.7 Å². The van der Waals surface area contributed by atoms with Crippen molar-refractivity contribution in [2.75, 3.05) is 12.4 Å². The van der Waals surface area contributed by atoms with Gasteiger partial charge in [-0.1, -0.05) is 0 Å². The Labute approximate surface area is 150 Å². The van der Waals surface area contributed by atoms with Gasteiger partial charge in [0.05, 0.1) is 12.2 Å². The van der Waals surface area contributed by atoms with Gasteiger partial charge in [-0.2, -0.15) is 0 Å². The first-order valence-electron chi connectivity index (χ1n) is 8.30. The lowest BCUT2D eigenvalue weighted by Crippen LogP contribution is -2.16. The van der Waals surface area contributed by atoms with Crippen molar-refractivity contribution in [3.05, 3.63) is 59.4 Å². The lowest BCUT2D eigenvalue weighted by molar-refractivity contribution is 0.0934. The molecule has 26 heavy (non-hydrogen) atoms. The number of furan rings is 1. The second-order valence-corrected chi connectivity index (χ2v) is 5.86. The van der Waals surface area contributed by atoms with Gasteiger partial charge < -0.3 is 20.4 Å². The van der Waals surface area contributed by atoms with Crippen molar-refractivity contribution in [2.24, 2.45) is 0 Å². The zero-order valence-corrected chi connectivity index (χ0v) is 14.2. The zero-order chi connectivity index (χ0) is 17.9. The monoisotopic (exact) mass is 350 g/mol. The van der Waals surface area contributed by atoms with Gasteiger partial charge in [-0.3, -0.25) is 9.78 Å². The molecule has 0 bridgehead atoms. The molecule has 1 amide bonds. The van der Waals surface area contributed by atoms with Crippen LogP contribution in [-0.4, -0.2) is 27.9 Å². The Morgan fingerprint density at radius 1 is 1.27 bits per heavy atom. The number of amides is 1. The molecular formula is C18H18N6O2. The van der Waals surface area contributed by atoms with E-state index in [9.17, 15) is 4.79 Å². The maximum atomic E-state index is 11.6. The minimum absolute atomic E-state index is 0.248. The summed E-state index contributed by atoms with van der Waals surface area (Å²) in [5, 5.41) is 9.14. The molecule has 0 saturated carbocycles. The average molecular weight is 350 g/mol. The summed E-state index contributed by atoms with van der Waals surface area (Å²) in [4.78, 5) is 25.0. The Morgan fingerprint density at radius 3 is 3.00 bits per heavy atom. The van der Waals surface area contributed by atoms with Crippen LogP contribution in [0, 0.1) is 0 Å². The van der Waals surface area contributed by atoms with Crippen molar-refractivity contribution in [2.45, 2.75) is 19.6 Å². The van der Waals surface area contributed by atoms with Crippen molar-refractivity contribution in [3.63, 3.8) is 0 Å². The van der Waals surface area contributed by atoms with Gasteiger partial charge in [0.2, 0.25) is 0 Å². The highest BCUT2D eigenvalue weighted by atomic mass is 16.4.